The summed E-state index contributed by atoms with van der Waals surface area (Å²) in [5, 5.41) is 14.6. The fourth-order valence-electron chi connectivity index (χ4n) is 3.71. The van der Waals surface area contributed by atoms with Crippen LogP contribution in [0, 0.1) is 23.0 Å². The van der Waals surface area contributed by atoms with Gasteiger partial charge in [-0.1, -0.05) is 24.4 Å². The maximum atomic E-state index is 12.5. The van der Waals surface area contributed by atoms with Crippen molar-refractivity contribution in [1.82, 2.24) is 4.90 Å². The number of benzene rings is 1. The maximum Gasteiger partial charge on any atom is 0.273 e. The molecule has 1 amide bonds. The Labute approximate surface area is 146 Å². The maximum absolute atomic E-state index is 12.5. The van der Waals surface area contributed by atoms with Gasteiger partial charge in [-0.05, 0) is 32.3 Å². The van der Waals surface area contributed by atoms with Gasteiger partial charge in [0.2, 0.25) is 5.91 Å². The van der Waals surface area contributed by atoms with Crippen LogP contribution in [0.3, 0.4) is 0 Å². The Morgan fingerprint density at radius 2 is 2.04 bits per heavy atom. The van der Waals surface area contributed by atoms with Gasteiger partial charge in [-0.15, -0.1) is 0 Å². The zero-order chi connectivity index (χ0) is 17.3. The summed E-state index contributed by atoms with van der Waals surface area (Å²) in [6.45, 7) is 3.13. The lowest BCUT2D eigenvalue weighted by Crippen LogP contribution is -2.35. The second-order valence-corrected chi connectivity index (χ2v) is 7.18. The third-order valence-electron chi connectivity index (χ3n) is 5.05. The summed E-state index contributed by atoms with van der Waals surface area (Å²) < 4.78 is 0. The summed E-state index contributed by atoms with van der Waals surface area (Å²) >= 11 is 6.18. The van der Waals surface area contributed by atoms with Crippen molar-refractivity contribution in [2.24, 2.45) is 5.92 Å². The summed E-state index contributed by atoms with van der Waals surface area (Å²) in [5.41, 5.74) is 1.29. The molecule has 1 saturated carbocycles. The van der Waals surface area contributed by atoms with E-state index in [0.29, 0.717) is 22.8 Å². The van der Waals surface area contributed by atoms with Crippen molar-refractivity contribution in [2.45, 2.75) is 45.1 Å². The normalized spacial score (nSPS) is 21.2. The number of amides is 1. The number of hydrogen-bond acceptors (Lipinski definition) is 4. The number of carbonyl (C=O) groups excluding carboxylic acids is 1. The molecule has 1 unspecified atom stereocenters. The van der Waals surface area contributed by atoms with E-state index < -0.39 is 4.92 Å². The molecule has 130 valence electrons. The van der Waals surface area contributed by atoms with Crippen LogP contribution in [0.1, 0.15) is 37.7 Å². The molecule has 1 atom stereocenters. The molecule has 24 heavy (non-hydrogen) atoms. The molecule has 1 aromatic carbocycles. The van der Waals surface area contributed by atoms with E-state index in [1.54, 1.807) is 13.0 Å². The van der Waals surface area contributed by atoms with Gasteiger partial charge in [0.25, 0.3) is 5.69 Å². The Morgan fingerprint density at radius 1 is 1.33 bits per heavy atom. The number of carbonyl (C=O) groups is 1. The van der Waals surface area contributed by atoms with Gasteiger partial charge in [0.05, 0.1) is 15.6 Å². The lowest BCUT2D eigenvalue weighted by Gasteiger charge is -2.21. The van der Waals surface area contributed by atoms with Gasteiger partial charge in [-0.3, -0.25) is 14.9 Å². The van der Waals surface area contributed by atoms with Gasteiger partial charge in [0, 0.05) is 36.7 Å². The Balaban J connectivity index is 1.64. The fourth-order valence-corrected chi connectivity index (χ4v) is 3.92. The highest BCUT2D eigenvalue weighted by molar-refractivity contribution is 6.33. The minimum Gasteiger partial charge on any atom is -0.379 e. The fraction of sp³-hybridized carbons (Fsp3) is 0.588. The monoisotopic (exact) mass is 351 g/mol. The molecular formula is C17H22ClN3O3. The first-order valence-corrected chi connectivity index (χ1v) is 8.83. The van der Waals surface area contributed by atoms with Crippen molar-refractivity contribution < 1.29 is 9.72 Å². The number of rotatable bonds is 4. The highest BCUT2D eigenvalue weighted by atomic mass is 35.5. The average molecular weight is 352 g/mol. The predicted octanol–water partition coefficient (Wildman–Crippen LogP) is 3.76. The van der Waals surface area contributed by atoms with Crippen LogP contribution in [-0.4, -0.2) is 34.9 Å². The zero-order valence-corrected chi connectivity index (χ0v) is 14.5. The Kier molecular flexibility index (Phi) is 4.94. The van der Waals surface area contributed by atoms with Crippen molar-refractivity contribution in [2.75, 3.05) is 18.4 Å². The number of likely N-dealkylation sites (tertiary alicyclic amines) is 1. The standard InChI is InChI=1S/C17H22ClN3O3/c1-11-8-15(14(18)9-16(11)21(23)24)19-13-6-7-20(10-13)17(22)12-4-2-3-5-12/h8-9,12-13,19H,2-7,10H2,1H3. The molecule has 2 fully saturated rings. The third-order valence-corrected chi connectivity index (χ3v) is 5.36. The van der Waals surface area contributed by atoms with Crippen LogP contribution >= 0.6 is 11.6 Å². The molecule has 0 spiro atoms. The molecule has 0 aromatic heterocycles. The number of nitro groups is 1. The highest BCUT2D eigenvalue weighted by Crippen LogP contribution is 2.32. The van der Waals surface area contributed by atoms with Gasteiger partial charge in [0.15, 0.2) is 0 Å². The van der Waals surface area contributed by atoms with E-state index in [1.165, 1.54) is 6.07 Å². The number of nitrogens with one attached hydrogen (secondary N) is 1. The predicted molar refractivity (Wildman–Crippen MR) is 93.4 cm³/mol. The van der Waals surface area contributed by atoms with Crippen LogP contribution in [0.4, 0.5) is 11.4 Å². The number of nitrogens with zero attached hydrogens (tertiary/aromatic N) is 2. The van der Waals surface area contributed by atoms with Crippen LogP contribution in [0.25, 0.3) is 0 Å². The van der Waals surface area contributed by atoms with Crippen molar-refractivity contribution >= 4 is 28.9 Å². The SMILES string of the molecule is Cc1cc(NC2CCN(C(=O)C3CCCC3)C2)c(Cl)cc1[N+](=O)[O-]. The molecule has 7 heteroatoms. The van der Waals surface area contributed by atoms with E-state index in [0.717, 1.165) is 38.6 Å². The van der Waals surface area contributed by atoms with E-state index in [1.807, 2.05) is 4.90 Å². The Hall–Kier alpha value is -1.82. The van der Waals surface area contributed by atoms with E-state index in [9.17, 15) is 14.9 Å². The van der Waals surface area contributed by atoms with Gasteiger partial charge >= 0.3 is 0 Å². The van der Waals surface area contributed by atoms with Gasteiger partial charge in [-0.25, -0.2) is 0 Å². The van der Waals surface area contributed by atoms with Crippen LogP contribution in [-0.2, 0) is 4.79 Å². The van der Waals surface area contributed by atoms with E-state index >= 15 is 0 Å². The molecule has 2 aliphatic rings. The van der Waals surface area contributed by atoms with Gasteiger partial charge in [-0.2, -0.15) is 0 Å². The summed E-state index contributed by atoms with van der Waals surface area (Å²) in [7, 11) is 0. The molecule has 1 aliphatic carbocycles. The summed E-state index contributed by atoms with van der Waals surface area (Å²) in [4.78, 5) is 25.0. The first-order chi connectivity index (χ1) is 11.5. The third kappa shape index (κ3) is 3.48. The molecule has 1 heterocycles. The molecule has 3 rings (SSSR count). The first kappa shape index (κ1) is 17.0. The van der Waals surface area contributed by atoms with Crippen molar-refractivity contribution in [3.63, 3.8) is 0 Å². The Bertz CT molecular complexity index is 659. The van der Waals surface area contributed by atoms with Crippen molar-refractivity contribution in [3.05, 3.63) is 32.8 Å². The lowest BCUT2D eigenvalue weighted by molar-refractivity contribution is -0.385. The van der Waals surface area contributed by atoms with Crippen molar-refractivity contribution in [1.29, 1.82) is 0 Å². The highest BCUT2D eigenvalue weighted by Gasteiger charge is 2.32. The lowest BCUT2D eigenvalue weighted by atomic mass is 10.1. The molecule has 0 bridgehead atoms. The second-order valence-electron chi connectivity index (χ2n) is 6.77. The molecule has 0 radical (unpaired) electrons. The van der Waals surface area contributed by atoms with Gasteiger partial charge < -0.3 is 10.2 Å². The van der Waals surface area contributed by atoms with Crippen LogP contribution in [0.15, 0.2) is 12.1 Å². The number of hydrogen-bond donors (Lipinski definition) is 1. The molecule has 1 N–H and O–H groups in total. The minimum absolute atomic E-state index is 0.0232. The first-order valence-electron chi connectivity index (χ1n) is 8.45. The molecule has 6 nitrogen and oxygen atoms in total. The number of anilines is 1. The average Bonchev–Trinajstić information content (AvgIpc) is 3.21. The van der Waals surface area contributed by atoms with Gasteiger partial charge in [0.1, 0.15) is 0 Å². The Morgan fingerprint density at radius 3 is 2.71 bits per heavy atom. The van der Waals surface area contributed by atoms with Crippen LogP contribution in [0.5, 0.6) is 0 Å². The van der Waals surface area contributed by atoms with Crippen LogP contribution in [0.2, 0.25) is 5.02 Å². The molecular weight excluding hydrogens is 330 g/mol. The summed E-state index contributed by atoms with van der Waals surface area (Å²) in [6.07, 6.45) is 5.21. The quantitative estimate of drug-likeness (QED) is 0.662. The van der Waals surface area contributed by atoms with E-state index in [-0.39, 0.29) is 23.6 Å². The minimum atomic E-state index is -0.428. The molecule has 1 aromatic rings. The molecule has 1 saturated heterocycles. The largest absolute Gasteiger partial charge is 0.379 e. The molecule has 1 aliphatic heterocycles. The van der Waals surface area contributed by atoms with Crippen LogP contribution < -0.4 is 5.32 Å². The number of nitro benzene ring substituents is 1. The number of aryl methyl sites for hydroxylation is 1. The second kappa shape index (κ2) is 6.97. The van der Waals surface area contributed by atoms with Crippen molar-refractivity contribution in [3.8, 4) is 0 Å². The summed E-state index contributed by atoms with van der Waals surface area (Å²) in [6, 6.07) is 3.23. The zero-order valence-electron chi connectivity index (χ0n) is 13.8. The van der Waals surface area contributed by atoms with E-state index in [4.69, 9.17) is 11.6 Å². The van der Waals surface area contributed by atoms with E-state index in [2.05, 4.69) is 5.32 Å². The topological polar surface area (TPSA) is 75.5 Å². The smallest absolute Gasteiger partial charge is 0.273 e. The summed E-state index contributed by atoms with van der Waals surface area (Å²) in [5.74, 6) is 0.483. The number of halogens is 1.